The van der Waals surface area contributed by atoms with Crippen molar-refractivity contribution in [3.8, 4) is 5.88 Å². The van der Waals surface area contributed by atoms with Crippen LogP contribution in [0.4, 0.5) is 5.69 Å². The van der Waals surface area contributed by atoms with E-state index in [4.69, 9.17) is 10.5 Å². The molecule has 2 N–H and O–H groups in total. The van der Waals surface area contributed by atoms with Crippen LogP contribution in [0.1, 0.15) is 27.2 Å². The van der Waals surface area contributed by atoms with Crippen molar-refractivity contribution in [1.82, 2.24) is 9.97 Å². The van der Waals surface area contributed by atoms with E-state index in [2.05, 4.69) is 30.7 Å². The average molecular weight is 245 g/mol. The zero-order chi connectivity index (χ0) is 13.1. The van der Waals surface area contributed by atoms with Gasteiger partial charge in [0, 0.05) is 5.69 Å². The highest BCUT2D eigenvalue weighted by molar-refractivity contribution is 5.86. The number of nitrogens with two attached hydrogens (primary N) is 1. The van der Waals surface area contributed by atoms with Crippen LogP contribution in [0.15, 0.2) is 24.5 Å². The van der Waals surface area contributed by atoms with Gasteiger partial charge in [0.1, 0.15) is 6.33 Å². The molecule has 0 saturated heterocycles. The monoisotopic (exact) mass is 245 g/mol. The van der Waals surface area contributed by atoms with Gasteiger partial charge in [-0.1, -0.05) is 13.8 Å². The number of fused-ring (bicyclic) bond motifs is 1. The quantitative estimate of drug-likeness (QED) is 0.841. The first-order chi connectivity index (χ1) is 8.56. The van der Waals surface area contributed by atoms with Gasteiger partial charge in [-0.15, -0.1) is 0 Å². The molecule has 0 saturated carbocycles. The minimum atomic E-state index is 0.129. The zero-order valence-corrected chi connectivity index (χ0v) is 11.1. The van der Waals surface area contributed by atoms with Crippen molar-refractivity contribution in [2.24, 2.45) is 5.92 Å². The molecule has 4 nitrogen and oxygen atoms in total. The van der Waals surface area contributed by atoms with E-state index in [0.29, 0.717) is 17.5 Å². The van der Waals surface area contributed by atoms with Crippen LogP contribution >= 0.6 is 0 Å². The minimum Gasteiger partial charge on any atom is -0.474 e. The maximum absolute atomic E-state index is 5.89. The molecule has 1 unspecified atom stereocenters. The van der Waals surface area contributed by atoms with E-state index < -0.39 is 0 Å². The maximum atomic E-state index is 5.89. The van der Waals surface area contributed by atoms with E-state index in [9.17, 15) is 0 Å². The molecule has 18 heavy (non-hydrogen) atoms. The van der Waals surface area contributed by atoms with Gasteiger partial charge in [-0.05, 0) is 37.5 Å². The van der Waals surface area contributed by atoms with Crippen LogP contribution < -0.4 is 10.5 Å². The first-order valence-electron chi connectivity index (χ1n) is 6.23. The summed E-state index contributed by atoms with van der Waals surface area (Å²) < 4.78 is 5.89. The third-order valence-corrected chi connectivity index (χ3v) is 2.74. The topological polar surface area (TPSA) is 61.0 Å². The molecule has 2 rings (SSSR count). The number of nitrogen functional groups attached to an aromatic ring is 1. The summed E-state index contributed by atoms with van der Waals surface area (Å²) in [6.45, 7) is 6.41. The van der Waals surface area contributed by atoms with E-state index >= 15 is 0 Å². The first kappa shape index (κ1) is 12.6. The van der Waals surface area contributed by atoms with Crippen molar-refractivity contribution >= 4 is 16.6 Å². The number of hydrogen-bond donors (Lipinski definition) is 1. The number of aromatic nitrogens is 2. The number of hydrogen-bond acceptors (Lipinski definition) is 4. The van der Waals surface area contributed by atoms with Gasteiger partial charge in [0.2, 0.25) is 5.88 Å². The summed E-state index contributed by atoms with van der Waals surface area (Å²) in [6, 6.07) is 5.57. The molecule has 0 fully saturated rings. The Morgan fingerprint density at radius 1 is 1.22 bits per heavy atom. The average Bonchev–Trinajstić information content (AvgIpc) is 2.28. The Labute approximate surface area is 107 Å². The lowest BCUT2D eigenvalue weighted by atomic mass is 10.1. The number of ether oxygens (including phenoxy) is 1. The van der Waals surface area contributed by atoms with Crippen LogP contribution in [0.25, 0.3) is 10.9 Å². The maximum Gasteiger partial charge on any atom is 0.224 e. The van der Waals surface area contributed by atoms with Gasteiger partial charge in [0.15, 0.2) is 0 Å². The van der Waals surface area contributed by atoms with Crippen molar-refractivity contribution < 1.29 is 4.74 Å². The summed E-state index contributed by atoms with van der Waals surface area (Å²) in [5.41, 5.74) is 7.34. The van der Waals surface area contributed by atoms with Crippen molar-refractivity contribution in [1.29, 1.82) is 0 Å². The van der Waals surface area contributed by atoms with Crippen molar-refractivity contribution in [2.75, 3.05) is 5.73 Å². The van der Waals surface area contributed by atoms with Crippen molar-refractivity contribution in [3.63, 3.8) is 0 Å². The van der Waals surface area contributed by atoms with Crippen LogP contribution in [0.5, 0.6) is 5.88 Å². The second-order valence-corrected chi connectivity index (χ2v) is 5.01. The highest BCUT2D eigenvalue weighted by atomic mass is 16.5. The number of anilines is 1. The summed E-state index contributed by atoms with van der Waals surface area (Å²) in [4.78, 5) is 8.41. The summed E-state index contributed by atoms with van der Waals surface area (Å²) >= 11 is 0. The van der Waals surface area contributed by atoms with Crippen LogP contribution in [0.3, 0.4) is 0 Å². The molecular formula is C14H19N3O. The molecule has 0 radical (unpaired) electrons. The van der Waals surface area contributed by atoms with E-state index in [1.165, 1.54) is 6.33 Å². The Kier molecular flexibility index (Phi) is 3.65. The molecular weight excluding hydrogens is 226 g/mol. The predicted octanol–water partition coefficient (Wildman–Crippen LogP) is 3.03. The number of nitrogens with zero attached hydrogens (tertiary/aromatic N) is 2. The third-order valence-electron chi connectivity index (χ3n) is 2.74. The molecule has 1 aromatic carbocycles. The van der Waals surface area contributed by atoms with Crippen molar-refractivity contribution in [2.45, 2.75) is 33.3 Å². The van der Waals surface area contributed by atoms with E-state index in [0.717, 1.165) is 17.3 Å². The van der Waals surface area contributed by atoms with Crippen LogP contribution in [-0.4, -0.2) is 16.1 Å². The molecule has 1 heterocycles. The summed E-state index contributed by atoms with van der Waals surface area (Å²) in [7, 11) is 0. The Bertz CT molecular complexity index is 540. The van der Waals surface area contributed by atoms with E-state index in [1.807, 2.05) is 18.2 Å². The lowest BCUT2D eigenvalue weighted by Gasteiger charge is -2.16. The fraction of sp³-hybridized carbons (Fsp3) is 0.429. The third kappa shape index (κ3) is 2.88. The van der Waals surface area contributed by atoms with Gasteiger partial charge >= 0.3 is 0 Å². The molecule has 1 atom stereocenters. The predicted molar refractivity (Wildman–Crippen MR) is 73.5 cm³/mol. The Hall–Kier alpha value is -1.84. The largest absolute Gasteiger partial charge is 0.474 e. The lowest BCUT2D eigenvalue weighted by molar-refractivity contribution is 0.188. The Balaban J connectivity index is 2.30. The molecule has 1 aromatic heterocycles. The Morgan fingerprint density at radius 2 is 2.00 bits per heavy atom. The summed E-state index contributed by atoms with van der Waals surface area (Å²) in [5, 5.41) is 0.869. The molecule has 0 aliphatic rings. The fourth-order valence-electron chi connectivity index (χ4n) is 2.05. The SMILES string of the molecule is CC(C)CC(C)Oc1ncnc2ccc(N)cc12. The van der Waals surface area contributed by atoms with E-state index in [-0.39, 0.29) is 6.10 Å². The van der Waals surface area contributed by atoms with E-state index in [1.54, 1.807) is 0 Å². The van der Waals surface area contributed by atoms with Gasteiger partial charge in [-0.2, -0.15) is 0 Å². The zero-order valence-electron chi connectivity index (χ0n) is 11.1. The highest BCUT2D eigenvalue weighted by Crippen LogP contribution is 2.25. The molecule has 0 amide bonds. The van der Waals surface area contributed by atoms with Gasteiger partial charge in [-0.25, -0.2) is 9.97 Å². The van der Waals surface area contributed by atoms with Crippen LogP contribution in [-0.2, 0) is 0 Å². The standard InChI is InChI=1S/C14H19N3O/c1-9(2)6-10(3)18-14-12-7-11(15)4-5-13(12)16-8-17-14/h4-5,7-10H,6,15H2,1-3H3. The normalized spacial score (nSPS) is 12.9. The molecule has 0 bridgehead atoms. The molecule has 4 heteroatoms. The van der Waals surface area contributed by atoms with Gasteiger partial charge in [-0.3, -0.25) is 0 Å². The lowest BCUT2D eigenvalue weighted by Crippen LogP contribution is -2.15. The molecule has 96 valence electrons. The number of rotatable bonds is 4. The minimum absolute atomic E-state index is 0.129. The fourth-order valence-corrected chi connectivity index (χ4v) is 2.05. The van der Waals surface area contributed by atoms with Gasteiger partial charge < -0.3 is 10.5 Å². The van der Waals surface area contributed by atoms with Gasteiger partial charge in [0.25, 0.3) is 0 Å². The van der Waals surface area contributed by atoms with Crippen LogP contribution in [0, 0.1) is 5.92 Å². The van der Waals surface area contributed by atoms with Gasteiger partial charge in [0.05, 0.1) is 17.0 Å². The molecule has 0 aliphatic carbocycles. The van der Waals surface area contributed by atoms with Crippen molar-refractivity contribution in [3.05, 3.63) is 24.5 Å². The summed E-state index contributed by atoms with van der Waals surface area (Å²) in [6.07, 6.45) is 2.65. The molecule has 0 aliphatic heterocycles. The molecule has 2 aromatic rings. The second kappa shape index (κ2) is 5.21. The summed E-state index contributed by atoms with van der Waals surface area (Å²) in [5.74, 6) is 1.21. The highest BCUT2D eigenvalue weighted by Gasteiger charge is 2.11. The van der Waals surface area contributed by atoms with Crippen LogP contribution in [0.2, 0.25) is 0 Å². The smallest absolute Gasteiger partial charge is 0.224 e. The number of benzene rings is 1. The Morgan fingerprint density at radius 3 is 2.72 bits per heavy atom. The second-order valence-electron chi connectivity index (χ2n) is 5.01. The first-order valence-corrected chi connectivity index (χ1v) is 6.23. The molecule has 0 spiro atoms.